The molecule has 3 amide bonds. The summed E-state index contributed by atoms with van der Waals surface area (Å²) in [5.74, 6) is 4.25. The zero-order chi connectivity index (χ0) is 64.4. The number of nitrogens with two attached hydrogens (primary N) is 2. The highest BCUT2D eigenvalue weighted by Gasteiger charge is 2.27. The third kappa shape index (κ3) is 19.5. The number of rotatable bonds is 23. The van der Waals surface area contributed by atoms with Gasteiger partial charge in [-0.25, -0.2) is 10.2 Å². The van der Waals surface area contributed by atoms with E-state index in [1.54, 1.807) is 43.1 Å². The zero-order valence-electron chi connectivity index (χ0n) is 52.0. The molecule has 3 aliphatic rings. The van der Waals surface area contributed by atoms with Crippen molar-refractivity contribution in [1.82, 2.24) is 34.2 Å². The van der Waals surface area contributed by atoms with Crippen LogP contribution >= 0.6 is 0 Å². The Labute approximate surface area is 520 Å². The maximum Gasteiger partial charge on any atom is 0.325 e. The van der Waals surface area contributed by atoms with Crippen molar-refractivity contribution in [3.8, 4) is 16.9 Å². The number of methoxy groups -OCH3 is 2. The molecule has 22 nitrogen and oxygen atoms in total. The summed E-state index contributed by atoms with van der Waals surface area (Å²) in [6.45, 7) is 11.3. The summed E-state index contributed by atoms with van der Waals surface area (Å²) in [5.41, 5.74) is 10.9. The van der Waals surface area contributed by atoms with Crippen LogP contribution in [0, 0.1) is 5.82 Å². The van der Waals surface area contributed by atoms with Crippen LogP contribution in [0.25, 0.3) is 38.4 Å². The highest BCUT2D eigenvalue weighted by atomic mass is 19.1. The van der Waals surface area contributed by atoms with E-state index in [0.29, 0.717) is 53.0 Å². The SMILES string of the molecule is C=O.CC(=O)O.COC(=O)Cn1cc(N(C=O)CCCCCCCCN2CCN(c3ccc(-c4cc(C5=CCCN(C(=O)CCN(N)/C=C\N)C5)c(F)c5[nH]c(C(=O)N(C)C)cc45)c(OC)c3)CC2)ccc1=O.c1ccc2c(N3CCCCC3)cncc2c1. The predicted octanol–water partition coefficient (Wildman–Crippen LogP) is 7.89. The van der Waals surface area contributed by atoms with Gasteiger partial charge in [0.25, 0.3) is 17.4 Å². The summed E-state index contributed by atoms with van der Waals surface area (Å²) in [7, 11) is 6.19. The van der Waals surface area contributed by atoms with Crippen LogP contribution in [-0.2, 0) is 35.3 Å². The van der Waals surface area contributed by atoms with Gasteiger partial charge in [-0.05, 0) is 86.5 Å². The molecule has 478 valence electrons. The number of piperidine rings is 1. The van der Waals surface area contributed by atoms with E-state index in [1.165, 1.54) is 95.1 Å². The lowest BCUT2D eigenvalue weighted by molar-refractivity contribution is -0.141. The molecule has 0 saturated carbocycles. The number of hydrogen-bond donors (Lipinski definition) is 4. The summed E-state index contributed by atoms with van der Waals surface area (Å²) in [4.78, 5) is 98.5. The number of H-pyrrole nitrogens is 1. The van der Waals surface area contributed by atoms with E-state index in [2.05, 4.69) is 59.7 Å². The highest BCUT2D eigenvalue weighted by molar-refractivity contribution is 6.05. The fraction of sp³-hybridized carbons (Fsp3) is 0.424. The second-order valence-electron chi connectivity index (χ2n) is 22.1. The summed E-state index contributed by atoms with van der Waals surface area (Å²) >= 11 is 0. The van der Waals surface area contributed by atoms with Crippen molar-refractivity contribution >= 4 is 81.3 Å². The topological polar surface area (TPSA) is 267 Å². The maximum absolute atomic E-state index is 16.7. The number of aliphatic carboxylic acids is 1. The van der Waals surface area contributed by atoms with Crippen molar-refractivity contribution in [2.24, 2.45) is 11.6 Å². The molecule has 0 unspecified atom stereocenters. The number of piperazine rings is 1. The molecule has 3 aromatic heterocycles. The molecule has 2 fully saturated rings. The van der Waals surface area contributed by atoms with Gasteiger partial charge in [0.05, 0.1) is 37.3 Å². The lowest BCUT2D eigenvalue weighted by Gasteiger charge is -2.36. The van der Waals surface area contributed by atoms with Crippen LogP contribution in [0.1, 0.15) is 93.6 Å². The number of nitrogens with one attached hydrogen (secondary N) is 1. The second-order valence-corrected chi connectivity index (χ2v) is 22.1. The Morgan fingerprint density at radius 1 is 0.820 bits per heavy atom. The van der Waals surface area contributed by atoms with Gasteiger partial charge in [-0.15, -0.1) is 0 Å². The Morgan fingerprint density at radius 2 is 1.53 bits per heavy atom. The molecule has 0 bridgehead atoms. The van der Waals surface area contributed by atoms with Crippen LogP contribution < -0.4 is 36.6 Å². The molecule has 0 atom stereocenters. The number of ether oxygens (including phenoxy) is 2. The first-order valence-corrected chi connectivity index (χ1v) is 30.2. The number of halogens is 1. The smallest absolute Gasteiger partial charge is 0.325 e. The average molecular weight is 1230 g/mol. The summed E-state index contributed by atoms with van der Waals surface area (Å²) < 4.78 is 28.6. The number of aromatic nitrogens is 3. The lowest BCUT2D eigenvalue weighted by Crippen LogP contribution is -2.46. The Morgan fingerprint density at radius 3 is 2.21 bits per heavy atom. The molecule has 6 N–H and O–H groups in total. The number of carbonyl (C=O) groups is 6. The standard InChI is InChI=1S/C49H65FN10O7.C14H16N2.C2H4O2.CH2O/c1-54(2)49(65)42-30-41-40(29-39(47(50)48(41)53-42)35-12-11-21-57(31-35)45(63)17-22-60(52)23-18-51)38-15-13-36(28-43(38)66-3)56-26-24-55(25-27-56)19-9-7-5-6-8-10-20-58(34-61)37-14-16-44(62)59(32-37)33-46(64)67-4;1-4-8-16(9-5-1)14-11-15-10-12-6-2-3-7-13(12)14;1-2(3)4;1-2/h12-16,18,23,28-30,32,34,53H,5-11,17,19-22,24-27,31,33,51-52H2,1-4H3;2-3,6-7,10-11H,1,4-5,8-9H2;1H3,(H,3,4);1H2/b23-18-;;;. The number of carboxylic acids is 1. The van der Waals surface area contributed by atoms with Crippen molar-refractivity contribution in [2.45, 2.75) is 84.1 Å². The van der Waals surface area contributed by atoms with Crippen molar-refractivity contribution < 1.29 is 47.7 Å². The predicted molar refractivity (Wildman–Crippen MR) is 347 cm³/mol. The Bertz CT molecular complexity index is 3440. The molecular formula is C66H87FN12O10. The highest BCUT2D eigenvalue weighted by Crippen LogP contribution is 2.42. The van der Waals surface area contributed by atoms with Gasteiger partial charge in [-0.3, -0.25) is 38.7 Å². The second kappa shape index (κ2) is 35.0. The number of unbranched alkanes of at least 4 members (excludes halogenated alkanes) is 5. The largest absolute Gasteiger partial charge is 0.496 e. The molecule has 6 aromatic rings. The number of esters is 1. The van der Waals surface area contributed by atoms with Crippen molar-refractivity contribution in [3.63, 3.8) is 0 Å². The van der Waals surface area contributed by atoms with E-state index in [-0.39, 0.29) is 54.6 Å². The Hall–Kier alpha value is -9.09. The van der Waals surface area contributed by atoms with Crippen LogP contribution in [-0.4, -0.2) is 177 Å². The van der Waals surface area contributed by atoms with Crippen LogP contribution in [0.2, 0.25) is 0 Å². The number of nitrogens with zero attached hydrogens (tertiary/aromatic N) is 9. The van der Waals surface area contributed by atoms with E-state index in [0.717, 1.165) is 95.8 Å². The number of hydrazine groups is 1. The molecule has 89 heavy (non-hydrogen) atoms. The van der Waals surface area contributed by atoms with Crippen LogP contribution in [0.5, 0.6) is 5.75 Å². The summed E-state index contributed by atoms with van der Waals surface area (Å²) in [6.07, 6.45) is 21.9. The van der Waals surface area contributed by atoms with Crippen LogP contribution in [0.4, 0.5) is 21.5 Å². The number of anilines is 3. The van der Waals surface area contributed by atoms with Crippen LogP contribution in [0.15, 0.2) is 109 Å². The van der Waals surface area contributed by atoms with Gasteiger partial charge in [-0.1, -0.05) is 56.0 Å². The number of hydrogen-bond acceptors (Lipinski definition) is 16. The number of pyridine rings is 2. The first kappa shape index (κ1) is 69.0. The third-order valence-corrected chi connectivity index (χ3v) is 15.8. The van der Waals surface area contributed by atoms with E-state index >= 15 is 4.39 Å². The van der Waals surface area contributed by atoms with E-state index in [4.69, 9.17) is 31.0 Å². The number of fused-ring (bicyclic) bond motifs is 2. The van der Waals surface area contributed by atoms with Gasteiger partial charge in [0.15, 0.2) is 5.82 Å². The average Bonchev–Trinajstić information content (AvgIpc) is 1.75. The van der Waals surface area contributed by atoms with Crippen molar-refractivity contribution in [3.05, 3.63) is 131 Å². The summed E-state index contributed by atoms with van der Waals surface area (Å²) in [5, 5.41) is 11.9. The molecular weight excluding hydrogens is 1140 g/mol. The van der Waals surface area contributed by atoms with E-state index in [1.807, 2.05) is 43.5 Å². The zero-order valence-corrected chi connectivity index (χ0v) is 52.0. The molecule has 6 heterocycles. The van der Waals surface area contributed by atoms with Crippen molar-refractivity contribution in [1.29, 1.82) is 0 Å². The molecule has 3 aliphatic heterocycles. The molecule has 23 heteroatoms. The molecule has 0 aliphatic carbocycles. The van der Waals surface area contributed by atoms with Crippen molar-refractivity contribution in [2.75, 3.05) is 115 Å². The number of amides is 3. The Balaban J connectivity index is 0.000000479. The molecule has 2 saturated heterocycles. The third-order valence-electron chi connectivity index (χ3n) is 15.8. The minimum atomic E-state index is -0.833. The fourth-order valence-corrected chi connectivity index (χ4v) is 11.2. The van der Waals surface area contributed by atoms with Gasteiger partial charge in [0.1, 0.15) is 24.8 Å². The van der Waals surface area contributed by atoms with Gasteiger partial charge in [0.2, 0.25) is 12.3 Å². The normalized spacial score (nSPS) is 14.1. The van der Waals surface area contributed by atoms with Gasteiger partial charge >= 0.3 is 5.97 Å². The number of benzene rings is 3. The summed E-state index contributed by atoms with van der Waals surface area (Å²) in [6, 6.07) is 21.1. The number of aromatic amines is 1. The van der Waals surface area contributed by atoms with E-state index < -0.39 is 17.8 Å². The number of carbonyl (C=O) groups excluding carboxylic acids is 5. The lowest BCUT2D eigenvalue weighted by atomic mass is 9.92. The molecule has 0 spiro atoms. The minimum Gasteiger partial charge on any atom is -0.496 e. The molecule has 0 radical (unpaired) electrons. The van der Waals surface area contributed by atoms with E-state index in [9.17, 15) is 24.0 Å². The first-order chi connectivity index (χ1) is 43.0. The molecule has 9 rings (SSSR count). The quantitative estimate of drug-likeness (QED) is 0.0156. The first-order valence-electron chi connectivity index (χ1n) is 30.2. The maximum atomic E-state index is 16.7. The Kier molecular flexibility index (Phi) is 27.2. The van der Waals surface area contributed by atoms with Crippen LogP contribution in [0.3, 0.4) is 0 Å². The van der Waals surface area contributed by atoms with Gasteiger partial charge in [0, 0.05) is 163 Å². The monoisotopic (exact) mass is 1230 g/mol. The minimum absolute atomic E-state index is 0.101. The molecule has 3 aromatic carbocycles. The number of carboxylic acid groups (broad SMARTS) is 1. The fourth-order valence-electron chi connectivity index (χ4n) is 11.2. The van der Waals surface area contributed by atoms with Gasteiger partial charge < -0.3 is 64.2 Å². The van der Waals surface area contributed by atoms with Gasteiger partial charge in [-0.2, -0.15) is 0 Å².